The molecule has 0 amide bonds. The fourth-order valence-corrected chi connectivity index (χ4v) is 2.01. The Labute approximate surface area is 121 Å². The summed E-state index contributed by atoms with van der Waals surface area (Å²) < 4.78 is 10.1. The number of hydrogen-bond donors (Lipinski definition) is 3. The van der Waals surface area contributed by atoms with Crippen LogP contribution in [-0.4, -0.2) is 30.4 Å². The van der Waals surface area contributed by atoms with Crippen LogP contribution < -0.4 is 15.2 Å². The summed E-state index contributed by atoms with van der Waals surface area (Å²) in [5, 5.41) is 19.3. The van der Waals surface area contributed by atoms with Gasteiger partial charge >= 0.3 is 5.97 Å². The lowest BCUT2D eigenvalue weighted by Gasteiger charge is -2.13. The normalized spacial score (nSPS) is 10.2. The second-order valence-electron chi connectivity index (χ2n) is 4.33. The standard InChI is InChI=1S/C15H15NO5/c1-20-9-3-4-10(12(16)7-9)11-5-8(15(18)19)6-13(21-2)14(11)17/h3-7,17H,16H2,1-2H3,(H,18,19). The first-order valence-corrected chi connectivity index (χ1v) is 6.06. The third-order valence-electron chi connectivity index (χ3n) is 3.09. The van der Waals surface area contributed by atoms with Gasteiger partial charge in [-0.1, -0.05) is 0 Å². The number of rotatable bonds is 4. The first-order valence-electron chi connectivity index (χ1n) is 6.06. The molecule has 6 nitrogen and oxygen atoms in total. The molecule has 2 rings (SSSR count). The van der Waals surface area contributed by atoms with Crippen molar-refractivity contribution >= 4 is 11.7 Å². The van der Waals surface area contributed by atoms with Crippen molar-refractivity contribution in [3.63, 3.8) is 0 Å². The summed E-state index contributed by atoms with van der Waals surface area (Å²) in [6.45, 7) is 0. The van der Waals surface area contributed by atoms with E-state index >= 15 is 0 Å². The number of phenolic OH excluding ortho intramolecular Hbond substituents is 1. The highest BCUT2D eigenvalue weighted by Crippen LogP contribution is 2.41. The fourth-order valence-electron chi connectivity index (χ4n) is 2.01. The lowest BCUT2D eigenvalue weighted by atomic mass is 9.99. The molecule has 0 fully saturated rings. The van der Waals surface area contributed by atoms with Crippen molar-refractivity contribution in [2.24, 2.45) is 0 Å². The van der Waals surface area contributed by atoms with Crippen LogP contribution in [0.25, 0.3) is 11.1 Å². The van der Waals surface area contributed by atoms with Gasteiger partial charge in [0, 0.05) is 22.9 Å². The minimum atomic E-state index is -1.12. The highest BCUT2D eigenvalue weighted by Gasteiger charge is 2.17. The number of nitrogen functional groups attached to an aromatic ring is 1. The third kappa shape index (κ3) is 2.69. The molecular weight excluding hydrogens is 274 g/mol. The largest absolute Gasteiger partial charge is 0.504 e. The topological polar surface area (TPSA) is 102 Å². The van der Waals surface area contributed by atoms with Crippen molar-refractivity contribution < 1.29 is 24.5 Å². The molecule has 110 valence electrons. The summed E-state index contributed by atoms with van der Waals surface area (Å²) in [6.07, 6.45) is 0. The predicted octanol–water partition coefficient (Wildman–Crippen LogP) is 2.36. The van der Waals surface area contributed by atoms with Crippen molar-refractivity contribution in [3.8, 4) is 28.4 Å². The highest BCUT2D eigenvalue weighted by atomic mass is 16.5. The van der Waals surface area contributed by atoms with Gasteiger partial charge in [0.15, 0.2) is 11.5 Å². The number of carboxylic acids is 1. The van der Waals surface area contributed by atoms with E-state index in [0.29, 0.717) is 17.0 Å². The summed E-state index contributed by atoms with van der Waals surface area (Å²) in [4.78, 5) is 11.2. The average Bonchev–Trinajstić information content (AvgIpc) is 2.47. The lowest BCUT2D eigenvalue weighted by molar-refractivity contribution is 0.0696. The van der Waals surface area contributed by atoms with Gasteiger partial charge in [0.25, 0.3) is 0 Å². The van der Waals surface area contributed by atoms with Gasteiger partial charge in [-0.3, -0.25) is 0 Å². The molecular formula is C15H15NO5. The summed E-state index contributed by atoms with van der Waals surface area (Å²) in [5.41, 5.74) is 7.07. The quantitative estimate of drug-likeness (QED) is 0.747. The van der Waals surface area contributed by atoms with Gasteiger partial charge in [-0.05, 0) is 24.3 Å². The molecule has 6 heteroatoms. The van der Waals surface area contributed by atoms with Crippen LogP contribution in [0.5, 0.6) is 17.2 Å². The minimum Gasteiger partial charge on any atom is -0.504 e. The first-order chi connectivity index (χ1) is 9.97. The molecule has 21 heavy (non-hydrogen) atoms. The Morgan fingerprint density at radius 3 is 2.33 bits per heavy atom. The Balaban J connectivity index is 2.67. The van der Waals surface area contributed by atoms with Crippen molar-refractivity contribution in [1.29, 1.82) is 0 Å². The maximum absolute atomic E-state index is 11.2. The van der Waals surface area contributed by atoms with E-state index in [-0.39, 0.29) is 22.6 Å². The second kappa shape index (κ2) is 5.62. The number of aromatic carboxylic acids is 1. The van der Waals surface area contributed by atoms with Crippen LogP contribution in [0, 0.1) is 0 Å². The van der Waals surface area contributed by atoms with Crippen LogP contribution in [0.2, 0.25) is 0 Å². The van der Waals surface area contributed by atoms with Crippen LogP contribution in [0.4, 0.5) is 5.69 Å². The highest BCUT2D eigenvalue weighted by molar-refractivity contribution is 5.93. The maximum atomic E-state index is 11.2. The monoisotopic (exact) mass is 289 g/mol. The molecule has 0 heterocycles. The van der Waals surface area contributed by atoms with E-state index in [1.165, 1.54) is 26.4 Å². The van der Waals surface area contributed by atoms with E-state index in [1.54, 1.807) is 18.2 Å². The maximum Gasteiger partial charge on any atom is 0.335 e. The molecule has 0 saturated carbocycles. The third-order valence-corrected chi connectivity index (χ3v) is 3.09. The number of methoxy groups -OCH3 is 2. The Hall–Kier alpha value is -2.89. The number of nitrogens with two attached hydrogens (primary N) is 1. The minimum absolute atomic E-state index is 0.00475. The number of anilines is 1. The Morgan fingerprint density at radius 1 is 1.10 bits per heavy atom. The van der Waals surface area contributed by atoms with Crippen molar-refractivity contribution in [1.82, 2.24) is 0 Å². The number of ether oxygens (including phenoxy) is 2. The summed E-state index contributed by atoms with van der Waals surface area (Å²) in [6, 6.07) is 7.51. The van der Waals surface area contributed by atoms with Crippen molar-refractivity contribution in [2.45, 2.75) is 0 Å². The molecule has 0 radical (unpaired) electrons. The molecule has 0 unspecified atom stereocenters. The molecule has 0 aliphatic carbocycles. The van der Waals surface area contributed by atoms with Crippen LogP contribution in [0.3, 0.4) is 0 Å². The number of aromatic hydroxyl groups is 1. The van der Waals surface area contributed by atoms with Crippen LogP contribution in [0.15, 0.2) is 30.3 Å². The average molecular weight is 289 g/mol. The molecule has 0 spiro atoms. The van der Waals surface area contributed by atoms with E-state index in [1.807, 2.05) is 0 Å². The van der Waals surface area contributed by atoms with E-state index in [9.17, 15) is 9.90 Å². The van der Waals surface area contributed by atoms with Crippen molar-refractivity contribution in [3.05, 3.63) is 35.9 Å². The zero-order chi connectivity index (χ0) is 15.6. The number of carboxylic acid groups (broad SMARTS) is 1. The van der Waals surface area contributed by atoms with Crippen LogP contribution >= 0.6 is 0 Å². The van der Waals surface area contributed by atoms with Gasteiger partial charge in [0.1, 0.15) is 5.75 Å². The van der Waals surface area contributed by atoms with Gasteiger partial charge in [-0.15, -0.1) is 0 Å². The molecule has 4 N–H and O–H groups in total. The second-order valence-corrected chi connectivity index (χ2v) is 4.33. The fraction of sp³-hybridized carbons (Fsp3) is 0.133. The molecule has 2 aromatic rings. The molecule has 0 bridgehead atoms. The Morgan fingerprint density at radius 2 is 1.81 bits per heavy atom. The molecule has 2 aromatic carbocycles. The van der Waals surface area contributed by atoms with E-state index < -0.39 is 5.97 Å². The predicted molar refractivity (Wildman–Crippen MR) is 78.0 cm³/mol. The molecule has 0 saturated heterocycles. The number of benzene rings is 2. The summed E-state index contributed by atoms with van der Waals surface area (Å²) >= 11 is 0. The zero-order valence-electron chi connectivity index (χ0n) is 11.6. The Bertz CT molecular complexity index is 697. The van der Waals surface area contributed by atoms with E-state index in [0.717, 1.165) is 0 Å². The SMILES string of the molecule is COc1ccc(-c2cc(C(=O)O)cc(OC)c2O)c(N)c1. The number of hydrogen-bond acceptors (Lipinski definition) is 5. The molecule has 0 aromatic heterocycles. The lowest BCUT2D eigenvalue weighted by Crippen LogP contribution is -2.00. The van der Waals surface area contributed by atoms with Crippen molar-refractivity contribution in [2.75, 3.05) is 20.0 Å². The van der Waals surface area contributed by atoms with E-state index in [2.05, 4.69) is 0 Å². The van der Waals surface area contributed by atoms with Crippen LogP contribution in [-0.2, 0) is 0 Å². The van der Waals surface area contributed by atoms with Gasteiger partial charge in [0.2, 0.25) is 0 Å². The molecule has 0 aliphatic rings. The van der Waals surface area contributed by atoms with Gasteiger partial charge in [0.05, 0.1) is 19.8 Å². The molecule has 0 aliphatic heterocycles. The van der Waals surface area contributed by atoms with E-state index in [4.69, 9.17) is 20.3 Å². The van der Waals surface area contributed by atoms with Gasteiger partial charge in [-0.2, -0.15) is 0 Å². The van der Waals surface area contributed by atoms with Gasteiger partial charge < -0.3 is 25.4 Å². The number of carbonyl (C=O) groups is 1. The Kier molecular flexibility index (Phi) is 3.89. The van der Waals surface area contributed by atoms with Crippen LogP contribution in [0.1, 0.15) is 10.4 Å². The first kappa shape index (κ1) is 14.5. The molecule has 0 atom stereocenters. The smallest absolute Gasteiger partial charge is 0.335 e. The summed E-state index contributed by atoms with van der Waals surface area (Å²) in [7, 11) is 2.86. The number of phenols is 1. The summed E-state index contributed by atoms with van der Waals surface area (Å²) in [5.74, 6) is -0.654. The van der Waals surface area contributed by atoms with Gasteiger partial charge in [-0.25, -0.2) is 4.79 Å². The zero-order valence-corrected chi connectivity index (χ0v) is 11.6.